The van der Waals surface area contributed by atoms with E-state index in [4.69, 9.17) is 23.2 Å². The number of hydrogen-bond donors (Lipinski definition) is 1. The van der Waals surface area contributed by atoms with E-state index in [-0.39, 0.29) is 11.2 Å². The molecule has 0 aliphatic heterocycles. The number of nitrogens with one attached hydrogen (secondary N) is 1. The third kappa shape index (κ3) is 5.24. The highest BCUT2D eigenvalue weighted by atomic mass is 35.5. The van der Waals surface area contributed by atoms with Gasteiger partial charge in [-0.1, -0.05) is 41.4 Å². The Labute approximate surface area is 184 Å². The summed E-state index contributed by atoms with van der Waals surface area (Å²) < 4.78 is 2.02. The summed E-state index contributed by atoms with van der Waals surface area (Å²) in [6.07, 6.45) is 1.65. The van der Waals surface area contributed by atoms with Crippen LogP contribution in [0.4, 0.5) is 0 Å². The number of hydrogen-bond acceptors (Lipinski definition) is 3. The Kier molecular flexibility index (Phi) is 7.06. The number of benzene rings is 2. The molecule has 1 heterocycles. The number of amides is 1. The van der Waals surface area contributed by atoms with E-state index in [1.54, 1.807) is 18.3 Å². The van der Waals surface area contributed by atoms with Gasteiger partial charge in [0, 0.05) is 26.9 Å². The second-order valence-electron chi connectivity index (χ2n) is 6.56. The molecule has 0 saturated carbocycles. The molecule has 0 saturated heterocycles. The lowest BCUT2D eigenvalue weighted by atomic mass is 10.2. The monoisotopic (exact) mass is 445 g/mol. The molecule has 29 heavy (non-hydrogen) atoms. The summed E-state index contributed by atoms with van der Waals surface area (Å²) >= 11 is 14.0. The Hall–Kier alpha value is -2.21. The lowest BCUT2D eigenvalue weighted by Crippen LogP contribution is -2.26. The average Bonchev–Trinajstić information content (AvgIpc) is 2.98. The zero-order valence-corrected chi connectivity index (χ0v) is 18.6. The van der Waals surface area contributed by atoms with Crippen molar-refractivity contribution in [2.75, 3.05) is 0 Å². The minimum atomic E-state index is -0.257. The number of rotatable bonds is 6. The van der Waals surface area contributed by atoms with E-state index in [0.717, 1.165) is 27.5 Å². The number of thioether (sulfide) groups is 1. The van der Waals surface area contributed by atoms with Crippen molar-refractivity contribution in [3.63, 3.8) is 0 Å². The van der Waals surface area contributed by atoms with Gasteiger partial charge in [0.05, 0.1) is 22.2 Å². The molecule has 0 radical (unpaired) electrons. The van der Waals surface area contributed by atoms with Gasteiger partial charge in [0.15, 0.2) is 0 Å². The van der Waals surface area contributed by atoms with Crippen LogP contribution >= 0.6 is 35.0 Å². The molecule has 2 aromatic carbocycles. The lowest BCUT2D eigenvalue weighted by molar-refractivity contribution is -0.120. The fourth-order valence-corrected chi connectivity index (χ4v) is 4.21. The molecule has 0 fully saturated rings. The number of halogens is 2. The first kappa shape index (κ1) is 21.5. The topological polar surface area (TPSA) is 46.4 Å². The van der Waals surface area contributed by atoms with E-state index in [2.05, 4.69) is 10.5 Å². The second-order valence-corrected chi connectivity index (χ2v) is 8.82. The third-order valence-corrected chi connectivity index (χ3v) is 6.09. The first-order chi connectivity index (χ1) is 13.9. The van der Waals surface area contributed by atoms with Gasteiger partial charge in [0.2, 0.25) is 0 Å². The summed E-state index contributed by atoms with van der Waals surface area (Å²) in [5.41, 5.74) is 6.27. The molecule has 0 spiro atoms. The number of aromatic nitrogens is 1. The number of aryl methyl sites for hydroxylation is 1. The normalized spacial score (nSPS) is 12.3. The van der Waals surface area contributed by atoms with Crippen LogP contribution < -0.4 is 5.43 Å². The van der Waals surface area contributed by atoms with E-state index in [9.17, 15) is 4.79 Å². The van der Waals surface area contributed by atoms with Gasteiger partial charge in [-0.3, -0.25) is 4.79 Å². The minimum Gasteiger partial charge on any atom is -0.316 e. The van der Waals surface area contributed by atoms with Gasteiger partial charge < -0.3 is 4.57 Å². The summed E-state index contributed by atoms with van der Waals surface area (Å²) in [6, 6.07) is 17.2. The minimum absolute atomic E-state index is 0.151. The molecule has 0 unspecified atom stereocenters. The molecule has 1 atom stereocenters. The fourth-order valence-electron chi connectivity index (χ4n) is 2.96. The van der Waals surface area contributed by atoms with Crippen molar-refractivity contribution in [2.45, 2.75) is 30.9 Å². The molecular formula is C22H21Cl2N3OS. The molecular weight excluding hydrogens is 425 g/mol. The van der Waals surface area contributed by atoms with Crippen molar-refractivity contribution in [3.05, 3.63) is 81.6 Å². The molecule has 1 aromatic heterocycles. The van der Waals surface area contributed by atoms with Gasteiger partial charge in [-0.15, -0.1) is 11.8 Å². The van der Waals surface area contributed by atoms with Gasteiger partial charge in [-0.05, 0) is 57.2 Å². The first-order valence-electron chi connectivity index (χ1n) is 9.06. The highest BCUT2D eigenvalue weighted by Crippen LogP contribution is 2.28. The van der Waals surface area contributed by atoms with Crippen LogP contribution in [0.1, 0.15) is 23.9 Å². The van der Waals surface area contributed by atoms with Crippen LogP contribution in [-0.4, -0.2) is 21.9 Å². The summed E-state index contributed by atoms with van der Waals surface area (Å²) in [6.45, 7) is 5.82. The Morgan fingerprint density at radius 2 is 1.86 bits per heavy atom. The van der Waals surface area contributed by atoms with Crippen LogP contribution in [0.15, 0.2) is 64.6 Å². The molecule has 1 amide bonds. The van der Waals surface area contributed by atoms with Crippen LogP contribution in [0.2, 0.25) is 10.0 Å². The Bertz CT molecular complexity index is 1050. The molecule has 3 aromatic rings. The molecule has 4 nitrogen and oxygen atoms in total. The quantitative estimate of drug-likeness (QED) is 0.285. The van der Waals surface area contributed by atoms with Crippen LogP contribution in [0, 0.1) is 13.8 Å². The van der Waals surface area contributed by atoms with Crippen LogP contribution in [-0.2, 0) is 4.79 Å². The number of nitrogens with zero attached hydrogens (tertiary/aromatic N) is 2. The highest BCUT2D eigenvalue weighted by Gasteiger charge is 2.15. The zero-order valence-electron chi connectivity index (χ0n) is 16.3. The third-order valence-electron chi connectivity index (χ3n) is 4.42. The number of carbonyl (C=O) groups is 1. The summed E-state index contributed by atoms with van der Waals surface area (Å²) in [7, 11) is 0. The first-order valence-corrected chi connectivity index (χ1v) is 10.7. The Morgan fingerprint density at radius 3 is 2.59 bits per heavy atom. The molecule has 1 N–H and O–H groups in total. The van der Waals surface area contributed by atoms with E-state index in [1.165, 1.54) is 11.8 Å². The van der Waals surface area contributed by atoms with Gasteiger partial charge in [-0.25, -0.2) is 5.43 Å². The maximum Gasteiger partial charge on any atom is 0.253 e. The maximum atomic E-state index is 12.3. The SMILES string of the molecule is Cc1cc(/C=N\NC(=O)[C@@H](C)Sc2ccccc2)c(C)n1-c1cc(Cl)ccc1Cl. The predicted octanol–water partition coefficient (Wildman–Crippen LogP) is 6.03. The number of hydrazone groups is 1. The Morgan fingerprint density at radius 1 is 1.14 bits per heavy atom. The smallest absolute Gasteiger partial charge is 0.253 e. The molecule has 150 valence electrons. The van der Waals surface area contributed by atoms with Crippen LogP contribution in [0.3, 0.4) is 0 Å². The van der Waals surface area contributed by atoms with Gasteiger partial charge in [0.25, 0.3) is 5.91 Å². The van der Waals surface area contributed by atoms with Crippen molar-refractivity contribution < 1.29 is 4.79 Å². The predicted molar refractivity (Wildman–Crippen MR) is 123 cm³/mol. The van der Waals surface area contributed by atoms with Crippen molar-refractivity contribution in [1.82, 2.24) is 9.99 Å². The Balaban J connectivity index is 1.71. The largest absolute Gasteiger partial charge is 0.316 e. The van der Waals surface area contributed by atoms with Crippen LogP contribution in [0.25, 0.3) is 5.69 Å². The second kappa shape index (κ2) is 9.53. The average molecular weight is 446 g/mol. The summed E-state index contributed by atoms with van der Waals surface area (Å²) in [4.78, 5) is 13.4. The van der Waals surface area contributed by atoms with Crippen LogP contribution in [0.5, 0.6) is 0 Å². The standard InChI is InChI=1S/C22H21Cl2N3OS/c1-14-11-17(15(2)27(14)21-12-18(23)9-10-20(21)24)13-25-26-22(28)16(3)29-19-7-5-4-6-8-19/h4-13,16H,1-3H3,(H,26,28)/b25-13-/t16-/m1/s1. The van der Waals surface area contributed by atoms with E-state index < -0.39 is 0 Å². The lowest BCUT2D eigenvalue weighted by Gasteiger charge is -2.12. The van der Waals surface area contributed by atoms with Crippen molar-refractivity contribution in [3.8, 4) is 5.69 Å². The molecule has 0 aliphatic carbocycles. The molecule has 3 rings (SSSR count). The van der Waals surface area contributed by atoms with Gasteiger partial charge in [0.1, 0.15) is 0 Å². The highest BCUT2D eigenvalue weighted by molar-refractivity contribution is 8.00. The van der Waals surface area contributed by atoms with Crippen molar-refractivity contribution in [1.29, 1.82) is 0 Å². The van der Waals surface area contributed by atoms with Gasteiger partial charge >= 0.3 is 0 Å². The van der Waals surface area contributed by atoms with E-state index in [0.29, 0.717) is 10.0 Å². The molecule has 0 bridgehead atoms. The molecule has 7 heteroatoms. The van der Waals surface area contributed by atoms with E-state index >= 15 is 0 Å². The maximum absolute atomic E-state index is 12.3. The summed E-state index contributed by atoms with van der Waals surface area (Å²) in [5, 5.41) is 5.11. The van der Waals surface area contributed by atoms with E-state index in [1.807, 2.05) is 67.8 Å². The van der Waals surface area contributed by atoms with Crippen molar-refractivity contribution >= 4 is 47.1 Å². The fraction of sp³-hybridized carbons (Fsp3) is 0.182. The molecule has 0 aliphatic rings. The summed E-state index contributed by atoms with van der Waals surface area (Å²) in [5.74, 6) is -0.151. The zero-order chi connectivity index (χ0) is 21.0. The van der Waals surface area contributed by atoms with Gasteiger partial charge in [-0.2, -0.15) is 5.10 Å². The number of carbonyl (C=O) groups excluding carboxylic acids is 1. The van der Waals surface area contributed by atoms with Crippen molar-refractivity contribution in [2.24, 2.45) is 5.10 Å².